The minimum Gasteiger partial charge on any atom is -0.507 e. The zero-order valence-electron chi connectivity index (χ0n) is 5.84. The van der Waals surface area contributed by atoms with E-state index in [-0.39, 0.29) is 5.75 Å². The maximum Gasteiger partial charge on any atom is 0.131 e. The third kappa shape index (κ3) is 2.77. The van der Waals surface area contributed by atoms with Gasteiger partial charge < -0.3 is 5.11 Å². The molecule has 0 radical (unpaired) electrons. The monoisotopic (exact) mass is 310 g/mol. The molecule has 0 aliphatic heterocycles. The SMILES string of the molecule is Oc1ccc(Cl)cc1C#CSI. The number of rotatable bonds is 0. The number of hydrogen-bond acceptors (Lipinski definition) is 2. The van der Waals surface area contributed by atoms with Gasteiger partial charge in [-0.05, 0) is 32.4 Å². The average molecular weight is 311 g/mol. The summed E-state index contributed by atoms with van der Waals surface area (Å²) in [6.45, 7) is 0. The molecule has 4 heteroatoms. The van der Waals surface area contributed by atoms with Crippen LogP contribution in [-0.2, 0) is 0 Å². The predicted octanol–water partition coefficient (Wildman–Crippen LogP) is 3.44. The minimum atomic E-state index is 0.164. The molecule has 1 nitrogen and oxygen atoms in total. The molecule has 0 amide bonds. The lowest BCUT2D eigenvalue weighted by molar-refractivity contribution is 0.474. The standard InChI is InChI=1S/C8H4ClIOS/c9-7-1-2-8(11)6(5-7)3-4-12-10/h1-2,5,11H. The molecule has 0 heterocycles. The van der Waals surface area contributed by atoms with Gasteiger partial charge in [0, 0.05) is 26.2 Å². The molecule has 0 saturated heterocycles. The number of phenols is 1. The van der Waals surface area contributed by atoms with Crippen molar-refractivity contribution in [3.8, 4) is 16.9 Å². The number of aromatic hydroxyl groups is 1. The van der Waals surface area contributed by atoms with Crippen LogP contribution in [0.4, 0.5) is 0 Å². The van der Waals surface area contributed by atoms with E-state index in [9.17, 15) is 5.11 Å². The van der Waals surface area contributed by atoms with Crippen molar-refractivity contribution in [3.05, 3.63) is 28.8 Å². The van der Waals surface area contributed by atoms with Gasteiger partial charge in [-0.3, -0.25) is 0 Å². The van der Waals surface area contributed by atoms with Gasteiger partial charge >= 0.3 is 0 Å². The Balaban J connectivity index is 3.05. The van der Waals surface area contributed by atoms with Crippen LogP contribution in [0.5, 0.6) is 5.75 Å². The van der Waals surface area contributed by atoms with E-state index in [1.54, 1.807) is 12.1 Å². The number of hydrogen-bond donors (Lipinski definition) is 1. The Hall–Kier alpha value is -0.0500. The van der Waals surface area contributed by atoms with Gasteiger partial charge in [-0.2, -0.15) is 0 Å². The van der Waals surface area contributed by atoms with Crippen molar-refractivity contribution in [2.75, 3.05) is 0 Å². The van der Waals surface area contributed by atoms with Gasteiger partial charge in [0.05, 0.1) is 5.56 Å². The molecule has 0 spiro atoms. The molecular formula is C8H4ClIOS. The van der Waals surface area contributed by atoms with E-state index in [4.69, 9.17) is 11.6 Å². The van der Waals surface area contributed by atoms with Crippen molar-refractivity contribution in [2.45, 2.75) is 0 Å². The molecular weight excluding hydrogens is 307 g/mol. The van der Waals surface area contributed by atoms with E-state index in [1.165, 1.54) is 15.0 Å². The number of benzene rings is 1. The first-order valence-corrected chi connectivity index (χ1v) is 6.75. The summed E-state index contributed by atoms with van der Waals surface area (Å²) in [5.41, 5.74) is 0.562. The molecule has 0 fully saturated rings. The zero-order chi connectivity index (χ0) is 8.97. The van der Waals surface area contributed by atoms with Crippen LogP contribution in [-0.4, -0.2) is 5.11 Å². The van der Waals surface area contributed by atoms with E-state index in [0.29, 0.717) is 10.6 Å². The largest absolute Gasteiger partial charge is 0.507 e. The van der Waals surface area contributed by atoms with Gasteiger partial charge in [-0.25, -0.2) is 0 Å². The fourth-order valence-corrected chi connectivity index (χ4v) is 1.33. The quantitative estimate of drug-likeness (QED) is 0.585. The first-order chi connectivity index (χ1) is 5.74. The van der Waals surface area contributed by atoms with Crippen LogP contribution >= 0.6 is 41.7 Å². The van der Waals surface area contributed by atoms with E-state index in [2.05, 4.69) is 32.4 Å². The molecule has 0 saturated carbocycles. The second-order valence-electron chi connectivity index (χ2n) is 1.97. The topological polar surface area (TPSA) is 20.2 Å². The second kappa shape index (κ2) is 4.85. The van der Waals surface area contributed by atoms with Crippen molar-refractivity contribution in [1.29, 1.82) is 0 Å². The molecule has 0 aromatic heterocycles. The van der Waals surface area contributed by atoms with E-state index >= 15 is 0 Å². The average Bonchev–Trinajstić information content (AvgIpc) is 2.07. The lowest BCUT2D eigenvalue weighted by atomic mass is 10.2. The third-order valence-corrected chi connectivity index (χ3v) is 2.26. The van der Waals surface area contributed by atoms with Crippen LogP contribution in [0.25, 0.3) is 0 Å². The highest BCUT2D eigenvalue weighted by molar-refractivity contribution is 14.2. The van der Waals surface area contributed by atoms with Crippen LogP contribution in [0.3, 0.4) is 0 Å². The lowest BCUT2D eigenvalue weighted by Gasteiger charge is -1.95. The molecule has 0 aliphatic carbocycles. The Morgan fingerprint density at radius 1 is 1.50 bits per heavy atom. The van der Waals surface area contributed by atoms with Gasteiger partial charge in [-0.15, -0.1) is 0 Å². The van der Waals surface area contributed by atoms with Crippen LogP contribution in [0.2, 0.25) is 5.02 Å². The molecule has 1 N–H and O–H groups in total. The minimum absolute atomic E-state index is 0.164. The van der Waals surface area contributed by atoms with Gasteiger partial charge in [0.2, 0.25) is 0 Å². The van der Waals surface area contributed by atoms with E-state index in [1.807, 2.05) is 0 Å². The van der Waals surface area contributed by atoms with Crippen molar-refractivity contribution < 1.29 is 5.11 Å². The highest BCUT2D eigenvalue weighted by Gasteiger charge is 1.97. The predicted molar refractivity (Wildman–Crippen MR) is 61.6 cm³/mol. The zero-order valence-corrected chi connectivity index (χ0v) is 9.57. The summed E-state index contributed by atoms with van der Waals surface area (Å²) in [5, 5.41) is 12.6. The molecule has 1 aromatic carbocycles. The second-order valence-corrected chi connectivity index (χ2v) is 4.08. The summed E-state index contributed by atoms with van der Waals surface area (Å²) in [6.07, 6.45) is 0. The molecule has 0 unspecified atom stereocenters. The Morgan fingerprint density at radius 2 is 2.25 bits per heavy atom. The molecule has 1 aromatic rings. The highest BCUT2D eigenvalue weighted by Crippen LogP contribution is 2.20. The van der Waals surface area contributed by atoms with Crippen LogP contribution in [0.15, 0.2) is 18.2 Å². The van der Waals surface area contributed by atoms with Crippen molar-refractivity contribution in [1.82, 2.24) is 0 Å². The smallest absolute Gasteiger partial charge is 0.131 e. The van der Waals surface area contributed by atoms with Gasteiger partial charge in [0.25, 0.3) is 0 Å². The van der Waals surface area contributed by atoms with Crippen LogP contribution in [0.1, 0.15) is 5.56 Å². The van der Waals surface area contributed by atoms with E-state index in [0.717, 1.165) is 0 Å². The van der Waals surface area contributed by atoms with Crippen molar-refractivity contribution in [3.63, 3.8) is 0 Å². The summed E-state index contributed by atoms with van der Waals surface area (Å²) in [7, 11) is 1.37. The normalized spacial score (nSPS) is 8.83. The molecule has 12 heavy (non-hydrogen) atoms. The first-order valence-electron chi connectivity index (χ1n) is 3.01. The summed E-state index contributed by atoms with van der Waals surface area (Å²) >= 11 is 7.77. The Labute approximate surface area is 92.1 Å². The molecule has 0 aliphatic rings. The van der Waals surface area contributed by atoms with Crippen LogP contribution in [0, 0.1) is 11.2 Å². The number of phenolic OH excluding ortho intramolecular Hbond substituents is 1. The lowest BCUT2D eigenvalue weighted by Crippen LogP contribution is -1.75. The van der Waals surface area contributed by atoms with E-state index < -0.39 is 0 Å². The Morgan fingerprint density at radius 3 is 2.92 bits per heavy atom. The molecule has 0 atom stereocenters. The third-order valence-electron chi connectivity index (χ3n) is 1.18. The molecule has 0 bridgehead atoms. The first kappa shape index (κ1) is 10.0. The number of halogens is 2. The molecule has 62 valence electrons. The summed E-state index contributed by atoms with van der Waals surface area (Å²) in [5.74, 6) is 2.94. The molecule has 1 rings (SSSR count). The Kier molecular flexibility index (Phi) is 4.06. The maximum atomic E-state index is 9.29. The van der Waals surface area contributed by atoms with Crippen molar-refractivity contribution >= 4 is 41.7 Å². The summed E-state index contributed by atoms with van der Waals surface area (Å²) < 4.78 is 0. The van der Waals surface area contributed by atoms with Crippen molar-refractivity contribution in [2.24, 2.45) is 0 Å². The van der Waals surface area contributed by atoms with Gasteiger partial charge in [-0.1, -0.05) is 17.5 Å². The fourth-order valence-electron chi connectivity index (χ4n) is 0.683. The van der Waals surface area contributed by atoms with Crippen LogP contribution < -0.4 is 0 Å². The summed E-state index contributed by atoms with van der Waals surface area (Å²) in [4.78, 5) is 0. The highest BCUT2D eigenvalue weighted by atomic mass is 127. The summed E-state index contributed by atoms with van der Waals surface area (Å²) in [6, 6.07) is 4.79. The maximum absolute atomic E-state index is 9.29. The fraction of sp³-hybridized carbons (Fsp3) is 0. The van der Waals surface area contributed by atoms with Gasteiger partial charge in [0.15, 0.2) is 0 Å². The van der Waals surface area contributed by atoms with Gasteiger partial charge in [0.1, 0.15) is 5.75 Å². The Bertz CT molecular complexity index is 343.